The van der Waals surface area contributed by atoms with Gasteiger partial charge in [-0.05, 0) is 20.8 Å². The van der Waals surface area contributed by atoms with Crippen LogP contribution in [0.15, 0.2) is 53.5 Å². The summed E-state index contributed by atoms with van der Waals surface area (Å²) in [5, 5.41) is 4.84. The number of hydrogen-bond acceptors (Lipinski definition) is 2. The Balaban J connectivity index is 2.06. The van der Waals surface area contributed by atoms with E-state index in [9.17, 15) is 9.59 Å². The van der Waals surface area contributed by atoms with Gasteiger partial charge in [-0.15, -0.1) is 0 Å². The van der Waals surface area contributed by atoms with E-state index in [1.54, 1.807) is 0 Å². The van der Waals surface area contributed by atoms with E-state index in [-0.39, 0.29) is 18.7 Å². The largest absolute Gasteiger partial charge is 0.368 e. The van der Waals surface area contributed by atoms with E-state index in [0.29, 0.717) is 4.48 Å². The minimum atomic E-state index is -0.750. The topological polar surface area (TPSA) is 72.2 Å². The number of rotatable bonds is 6. The monoisotopic (exact) mass is 360 g/mol. The highest BCUT2D eigenvalue weighted by Gasteiger charge is 2.18. The maximum Gasteiger partial charge on any atom is 0.240 e. The second kappa shape index (κ2) is 7.22. The highest BCUT2D eigenvalue weighted by atomic mass is 79.9. The molecule has 0 heterocycles. The first-order chi connectivity index (χ1) is 10.5. The molecule has 0 aromatic heterocycles. The van der Waals surface area contributed by atoms with Crippen molar-refractivity contribution in [1.82, 2.24) is 5.32 Å². The number of carbonyl (C=O) groups is 2. The number of primary amides is 1. The molecule has 0 spiro atoms. The quantitative estimate of drug-likeness (QED) is 0.830. The molecule has 22 heavy (non-hydrogen) atoms. The summed E-state index contributed by atoms with van der Waals surface area (Å²) in [5.74, 6) is -0.819. The molecule has 0 unspecified atom stereocenters. The number of benzene rings is 2. The van der Waals surface area contributed by atoms with Crippen molar-refractivity contribution in [2.24, 2.45) is 5.73 Å². The highest BCUT2D eigenvalue weighted by molar-refractivity contribution is 9.11. The Morgan fingerprint density at radius 2 is 1.86 bits per heavy atom. The van der Waals surface area contributed by atoms with Gasteiger partial charge in [-0.3, -0.25) is 9.59 Å². The molecule has 1 atom stereocenters. The minimum absolute atomic E-state index is 0.198. The number of nitrogens with two attached hydrogens (primary N) is 1. The van der Waals surface area contributed by atoms with Gasteiger partial charge >= 0.3 is 0 Å². The van der Waals surface area contributed by atoms with Crippen molar-refractivity contribution in [2.45, 2.75) is 18.9 Å². The zero-order valence-corrected chi connectivity index (χ0v) is 13.6. The van der Waals surface area contributed by atoms with Gasteiger partial charge < -0.3 is 11.1 Å². The van der Waals surface area contributed by atoms with Crippen LogP contribution in [0.2, 0.25) is 0 Å². The molecule has 0 fully saturated rings. The second-order valence-corrected chi connectivity index (χ2v) is 6.22. The molecule has 0 saturated heterocycles. The summed E-state index contributed by atoms with van der Waals surface area (Å²) < 4.78 is 0.613. The van der Waals surface area contributed by atoms with Gasteiger partial charge in [0.25, 0.3) is 0 Å². The van der Waals surface area contributed by atoms with Gasteiger partial charge in [0.15, 0.2) is 0 Å². The van der Waals surface area contributed by atoms with Crippen LogP contribution in [0, 0.1) is 0 Å². The molecular formula is C17H17BrN2O2. The Labute approximate surface area is 137 Å². The summed E-state index contributed by atoms with van der Waals surface area (Å²) in [6, 6.07) is 13.0. The Hall–Kier alpha value is -2.14. The fraction of sp³-hybridized carbons (Fsp3) is 0.176. The lowest BCUT2D eigenvalue weighted by Crippen LogP contribution is -2.45. The molecule has 0 saturated carbocycles. The number of hydrogen-bond donors (Lipinski definition) is 2. The van der Waals surface area contributed by atoms with Crippen LogP contribution in [0.5, 0.6) is 0 Å². The van der Waals surface area contributed by atoms with Gasteiger partial charge in [0.2, 0.25) is 11.8 Å². The SMILES string of the molecule is C=C(Br)C[C@H](NC(=O)Cc1ccc2ccccc2c1)C(N)=O. The van der Waals surface area contributed by atoms with Gasteiger partial charge in [-0.1, -0.05) is 65.0 Å². The van der Waals surface area contributed by atoms with Crippen LogP contribution >= 0.6 is 15.9 Å². The average molecular weight is 361 g/mol. The Morgan fingerprint density at radius 1 is 1.18 bits per heavy atom. The first kappa shape index (κ1) is 16.2. The zero-order chi connectivity index (χ0) is 16.1. The van der Waals surface area contributed by atoms with Crippen LogP contribution in [0.25, 0.3) is 10.8 Å². The third-order valence-electron chi connectivity index (χ3n) is 3.28. The van der Waals surface area contributed by atoms with E-state index in [2.05, 4.69) is 27.8 Å². The van der Waals surface area contributed by atoms with E-state index in [0.717, 1.165) is 16.3 Å². The smallest absolute Gasteiger partial charge is 0.240 e. The van der Waals surface area contributed by atoms with Crippen molar-refractivity contribution < 1.29 is 9.59 Å². The number of halogens is 1. The lowest BCUT2D eigenvalue weighted by molar-refractivity contribution is -0.126. The normalized spacial score (nSPS) is 11.9. The van der Waals surface area contributed by atoms with Gasteiger partial charge in [0, 0.05) is 6.42 Å². The molecule has 0 bridgehead atoms. The van der Waals surface area contributed by atoms with E-state index in [4.69, 9.17) is 5.73 Å². The maximum absolute atomic E-state index is 12.1. The van der Waals surface area contributed by atoms with Crippen LogP contribution in [-0.4, -0.2) is 17.9 Å². The Kier molecular flexibility index (Phi) is 5.33. The number of nitrogens with one attached hydrogen (secondary N) is 1. The minimum Gasteiger partial charge on any atom is -0.368 e. The Bertz CT molecular complexity index is 727. The number of amides is 2. The highest BCUT2D eigenvalue weighted by Crippen LogP contribution is 2.16. The van der Waals surface area contributed by atoms with Crippen LogP contribution < -0.4 is 11.1 Å². The molecule has 3 N–H and O–H groups in total. The molecule has 4 nitrogen and oxygen atoms in total. The molecule has 0 aliphatic carbocycles. The summed E-state index contributed by atoms with van der Waals surface area (Å²) in [7, 11) is 0. The molecule has 2 aromatic rings. The second-order valence-electron chi connectivity index (χ2n) is 5.10. The summed E-state index contributed by atoms with van der Waals surface area (Å²) in [5.41, 5.74) is 6.17. The molecule has 5 heteroatoms. The van der Waals surface area contributed by atoms with Crippen molar-refractivity contribution in [2.75, 3.05) is 0 Å². The third kappa shape index (κ3) is 4.43. The summed E-state index contributed by atoms with van der Waals surface area (Å²) in [6.07, 6.45) is 0.474. The van der Waals surface area contributed by atoms with E-state index < -0.39 is 11.9 Å². The standard InChI is InChI=1S/C17H17BrN2O2/c1-11(18)8-15(17(19)22)20-16(21)10-12-6-7-13-4-2-3-5-14(13)9-12/h2-7,9,15H,1,8,10H2,(H2,19,22)(H,20,21)/t15-/m0/s1. The van der Waals surface area contributed by atoms with Gasteiger partial charge in [-0.25, -0.2) is 0 Å². The van der Waals surface area contributed by atoms with Crippen LogP contribution in [-0.2, 0) is 16.0 Å². The number of carbonyl (C=O) groups excluding carboxylic acids is 2. The summed E-state index contributed by atoms with van der Waals surface area (Å²) >= 11 is 3.17. The van der Waals surface area contributed by atoms with Crippen molar-refractivity contribution in [1.29, 1.82) is 0 Å². The van der Waals surface area contributed by atoms with Gasteiger partial charge in [0.05, 0.1) is 6.42 Å². The molecule has 114 valence electrons. The predicted octanol–water partition coefficient (Wildman–Crippen LogP) is 2.65. The molecule has 0 aliphatic rings. The van der Waals surface area contributed by atoms with E-state index >= 15 is 0 Å². The van der Waals surface area contributed by atoms with Crippen LogP contribution in [0.3, 0.4) is 0 Å². The lowest BCUT2D eigenvalue weighted by atomic mass is 10.0. The van der Waals surface area contributed by atoms with E-state index in [1.165, 1.54) is 0 Å². The molecule has 0 aliphatic heterocycles. The van der Waals surface area contributed by atoms with Gasteiger partial charge in [-0.2, -0.15) is 0 Å². The van der Waals surface area contributed by atoms with Crippen molar-refractivity contribution in [3.05, 3.63) is 59.1 Å². The van der Waals surface area contributed by atoms with Gasteiger partial charge in [0.1, 0.15) is 6.04 Å². The molecule has 2 aromatic carbocycles. The van der Waals surface area contributed by atoms with Crippen LogP contribution in [0.4, 0.5) is 0 Å². The van der Waals surface area contributed by atoms with E-state index in [1.807, 2.05) is 42.5 Å². The molecule has 0 radical (unpaired) electrons. The van der Waals surface area contributed by atoms with Crippen molar-refractivity contribution in [3.8, 4) is 0 Å². The fourth-order valence-electron chi connectivity index (χ4n) is 2.22. The molecule has 2 rings (SSSR count). The average Bonchev–Trinajstić information content (AvgIpc) is 2.45. The lowest BCUT2D eigenvalue weighted by Gasteiger charge is -2.15. The molecule has 2 amide bonds. The van der Waals surface area contributed by atoms with Crippen molar-refractivity contribution >= 4 is 38.5 Å². The first-order valence-corrected chi connectivity index (χ1v) is 7.64. The summed E-state index contributed by atoms with van der Waals surface area (Å²) in [4.78, 5) is 23.4. The summed E-state index contributed by atoms with van der Waals surface area (Å²) in [6.45, 7) is 3.66. The van der Waals surface area contributed by atoms with Crippen molar-refractivity contribution in [3.63, 3.8) is 0 Å². The maximum atomic E-state index is 12.1. The fourth-order valence-corrected chi connectivity index (χ4v) is 2.55. The number of fused-ring (bicyclic) bond motifs is 1. The Morgan fingerprint density at radius 3 is 2.50 bits per heavy atom. The molecular weight excluding hydrogens is 344 g/mol. The first-order valence-electron chi connectivity index (χ1n) is 6.85. The van der Waals surface area contributed by atoms with Crippen LogP contribution in [0.1, 0.15) is 12.0 Å². The predicted molar refractivity (Wildman–Crippen MR) is 91.5 cm³/mol. The zero-order valence-electron chi connectivity index (χ0n) is 12.0. The third-order valence-corrected chi connectivity index (χ3v) is 3.61.